The van der Waals surface area contributed by atoms with Crippen molar-refractivity contribution >= 4 is 29.9 Å². The second-order valence-electron chi connectivity index (χ2n) is 6.51. The number of benzene rings is 2. The number of para-hydroxylation sites is 1. The van der Waals surface area contributed by atoms with Crippen LogP contribution in [0.3, 0.4) is 0 Å². The Balaban J connectivity index is 0.00000225. The predicted octanol–water partition coefficient (Wildman–Crippen LogP) is 3.46. The second-order valence-corrected chi connectivity index (χ2v) is 6.51. The van der Waals surface area contributed by atoms with Gasteiger partial charge in [0.15, 0.2) is 5.96 Å². The summed E-state index contributed by atoms with van der Waals surface area (Å²) >= 11 is 0. The molecule has 0 saturated carbocycles. The molecule has 1 aliphatic heterocycles. The second kappa shape index (κ2) is 9.59. The number of halogens is 1. The zero-order chi connectivity index (χ0) is 18.5. The highest BCUT2D eigenvalue weighted by molar-refractivity contribution is 14.0. The number of rotatable bonds is 5. The molecule has 1 atom stereocenters. The monoisotopic (exact) mass is 489 g/mol. The van der Waals surface area contributed by atoms with Gasteiger partial charge < -0.3 is 15.8 Å². The standard InChI is InChI=1S/C21H23N5O.HI/c22-21(25-19-11-15-27-20-5-2-1-4-18(19)20)23-13-10-16-6-8-17(9-7-16)26-14-3-12-24-26;/h1-9,12,14,19H,10-11,13,15H2,(H3,22,23,25);1H. The van der Waals surface area contributed by atoms with Crippen LogP contribution < -0.4 is 15.8 Å². The van der Waals surface area contributed by atoms with Crippen LogP contribution in [-0.4, -0.2) is 28.9 Å². The average Bonchev–Trinajstić information content (AvgIpc) is 3.24. The van der Waals surface area contributed by atoms with E-state index in [4.69, 9.17) is 10.5 Å². The topological polar surface area (TPSA) is 77.5 Å². The number of nitrogens with two attached hydrogens (primary N) is 1. The van der Waals surface area contributed by atoms with Gasteiger partial charge in [-0.05, 0) is 36.2 Å². The Morgan fingerprint density at radius 1 is 1.18 bits per heavy atom. The largest absolute Gasteiger partial charge is 0.493 e. The molecule has 3 N–H and O–H groups in total. The molecule has 2 heterocycles. The minimum Gasteiger partial charge on any atom is -0.493 e. The summed E-state index contributed by atoms with van der Waals surface area (Å²) in [6.45, 7) is 1.33. The summed E-state index contributed by atoms with van der Waals surface area (Å²) in [6.07, 6.45) is 5.42. The summed E-state index contributed by atoms with van der Waals surface area (Å²) < 4.78 is 7.53. The highest BCUT2D eigenvalue weighted by Crippen LogP contribution is 2.31. The Kier molecular flexibility index (Phi) is 6.91. The molecule has 1 aromatic heterocycles. The predicted molar refractivity (Wildman–Crippen MR) is 122 cm³/mol. The number of fused-ring (bicyclic) bond motifs is 1. The molecule has 0 fully saturated rings. The average molecular weight is 489 g/mol. The minimum atomic E-state index is 0. The van der Waals surface area contributed by atoms with Gasteiger partial charge in [-0.15, -0.1) is 24.0 Å². The Hall–Kier alpha value is -2.55. The third-order valence-electron chi connectivity index (χ3n) is 4.67. The number of nitrogens with one attached hydrogen (secondary N) is 1. The maximum atomic E-state index is 6.10. The number of hydrogen-bond donors (Lipinski definition) is 2. The number of hydrogen-bond acceptors (Lipinski definition) is 3. The highest BCUT2D eigenvalue weighted by atomic mass is 127. The van der Waals surface area contributed by atoms with Crippen LogP contribution in [0, 0.1) is 0 Å². The van der Waals surface area contributed by atoms with Crippen LogP contribution in [0.1, 0.15) is 23.6 Å². The van der Waals surface area contributed by atoms with E-state index in [-0.39, 0.29) is 30.0 Å². The molecule has 3 aromatic rings. The fourth-order valence-electron chi connectivity index (χ4n) is 3.26. The number of nitrogens with zero attached hydrogens (tertiary/aromatic N) is 3. The lowest BCUT2D eigenvalue weighted by Gasteiger charge is -2.26. The van der Waals surface area contributed by atoms with Gasteiger partial charge in [0.25, 0.3) is 0 Å². The molecule has 0 spiro atoms. The van der Waals surface area contributed by atoms with Crippen LogP contribution in [0.4, 0.5) is 0 Å². The van der Waals surface area contributed by atoms with Gasteiger partial charge in [-0.25, -0.2) is 4.68 Å². The third-order valence-corrected chi connectivity index (χ3v) is 4.67. The molecule has 1 unspecified atom stereocenters. The van der Waals surface area contributed by atoms with Crippen molar-refractivity contribution in [1.29, 1.82) is 0 Å². The first-order valence-electron chi connectivity index (χ1n) is 9.17. The summed E-state index contributed by atoms with van der Waals surface area (Å²) in [7, 11) is 0. The quantitative estimate of drug-likeness (QED) is 0.327. The molecule has 4 rings (SSSR count). The molecular formula is C21H24IN5O. The van der Waals surface area contributed by atoms with Gasteiger partial charge in [-0.1, -0.05) is 30.3 Å². The zero-order valence-electron chi connectivity index (χ0n) is 15.5. The van der Waals surface area contributed by atoms with E-state index >= 15 is 0 Å². The Morgan fingerprint density at radius 3 is 2.79 bits per heavy atom. The lowest BCUT2D eigenvalue weighted by molar-refractivity contribution is 0.262. The number of ether oxygens (including phenoxy) is 1. The molecule has 0 bridgehead atoms. The van der Waals surface area contributed by atoms with E-state index in [1.165, 1.54) is 5.56 Å². The van der Waals surface area contributed by atoms with Gasteiger partial charge in [0, 0.05) is 30.9 Å². The van der Waals surface area contributed by atoms with Gasteiger partial charge in [-0.3, -0.25) is 4.99 Å². The van der Waals surface area contributed by atoms with Crippen LogP contribution in [0.5, 0.6) is 5.75 Å². The van der Waals surface area contributed by atoms with Crippen molar-refractivity contribution in [2.75, 3.05) is 13.2 Å². The van der Waals surface area contributed by atoms with Crippen molar-refractivity contribution in [2.24, 2.45) is 10.7 Å². The maximum absolute atomic E-state index is 6.10. The van der Waals surface area contributed by atoms with E-state index in [0.29, 0.717) is 19.1 Å². The summed E-state index contributed by atoms with van der Waals surface area (Å²) in [5, 5.41) is 7.56. The van der Waals surface area contributed by atoms with Crippen molar-refractivity contribution in [3.8, 4) is 11.4 Å². The van der Waals surface area contributed by atoms with Gasteiger partial charge in [-0.2, -0.15) is 5.10 Å². The first-order chi connectivity index (χ1) is 13.3. The molecule has 0 radical (unpaired) electrons. The van der Waals surface area contributed by atoms with E-state index in [0.717, 1.165) is 29.8 Å². The summed E-state index contributed by atoms with van der Waals surface area (Å²) in [6, 6.07) is 18.4. The van der Waals surface area contributed by atoms with Crippen molar-refractivity contribution in [3.05, 3.63) is 78.1 Å². The molecule has 0 amide bonds. The molecular weight excluding hydrogens is 465 g/mol. The molecule has 146 valence electrons. The van der Waals surface area contributed by atoms with Crippen LogP contribution >= 0.6 is 24.0 Å². The summed E-state index contributed by atoms with van der Waals surface area (Å²) in [4.78, 5) is 4.48. The van der Waals surface area contributed by atoms with Gasteiger partial charge in [0.05, 0.1) is 18.3 Å². The smallest absolute Gasteiger partial charge is 0.189 e. The number of aromatic nitrogens is 2. The van der Waals surface area contributed by atoms with E-state index in [1.54, 1.807) is 6.20 Å². The van der Waals surface area contributed by atoms with Crippen LogP contribution in [0.15, 0.2) is 72.0 Å². The first kappa shape index (κ1) is 20.2. The fraction of sp³-hybridized carbons (Fsp3) is 0.238. The summed E-state index contributed by atoms with van der Waals surface area (Å²) in [5.41, 5.74) is 9.50. The number of aliphatic imine (C=N–C) groups is 1. The molecule has 0 aliphatic carbocycles. The van der Waals surface area contributed by atoms with Gasteiger partial charge in [0.2, 0.25) is 0 Å². The highest BCUT2D eigenvalue weighted by Gasteiger charge is 2.21. The van der Waals surface area contributed by atoms with Gasteiger partial charge in [0.1, 0.15) is 5.75 Å². The normalized spacial score (nSPS) is 15.9. The van der Waals surface area contributed by atoms with Crippen molar-refractivity contribution < 1.29 is 4.74 Å². The van der Waals surface area contributed by atoms with E-state index in [1.807, 2.05) is 35.1 Å². The molecule has 28 heavy (non-hydrogen) atoms. The lowest BCUT2D eigenvalue weighted by atomic mass is 10.0. The molecule has 0 saturated heterocycles. The SMILES string of the molecule is I.NC(=NCCc1ccc(-n2cccn2)cc1)NC1CCOc2ccccc21. The molecule has 1 aliphatic rings. The van der Waals surface area contributed by atoms with Crippen molar-refractivity contribution in [1.82, 2.24) is 15.1 Å². The van der Waals surface area contributed by atoms with E-state index < -0.39 is 0 Å². The van der Waals surface area contributed by atoms with Crippen LogP contribution in [-0.2, 0) is 6.42 Å². The van der Waals surface area contributed by atoms with Crippen LogP contribution in [0.2, 0.25) is 0 Å². The Labute approximate surface area is 181 Å². The Morgan fingerprint density at radius 2 is 2.00 bits per heavy atom. The van der Waals surface area contributed by atoms with E-state index in [9.17, 15) is 0 Å². The van der Waals surface area contributed by atoms with Crippen molar-refractivity contribution in [2.45, 2.75) is 18.9 Å². The molecule has 6 nitrogen and oxygen atoms in total. The third kappa shape index (κ3) is 4.83. The van der Waals surface area contributed by atoms with Gasteiger partial charge >= 0.3 is 0 Å². The summed E-state index contributed by atoms with van der Waals surface area (Å²) in [5.74, 6) is 1.40. The molecule has 2 aromatic carbocycles. The van der Waals surface area contributed by atoms with Crippen LogP contribution in [0.25, 0.3) is 5.69 Å². The lowest BCUT2D eigenvalue weighted by Crippen LogP contribution is -2.37. The van der Waals surface area contributed by atoms with E-state index in [2.05, 4.69) is 45.7 Å². The Bertz CT molecular complexity index is 909. The van der Waals surface area contributed by atoms with Crippen molar-refractivity contribution in [3.63, 3.8) is 0 Å². The maximum Gasteiger partial charge on any atom is 0.189 e. The zero-order valence-corrected chi connectivity index (χ0v) is 17.8. The number of guanidine groups is 1. The minimum absolute atomic E-state index is 0. The molecule has 7 heteroatoms. The first-order valence-corrected chi connectivity index (χ1v) is 9.17. The fourth-order valence-corrected chi connectivity index (χ4v) is 3.26.